The van der Waals surface area contributed by atoms with Crippen LogP contribution in [-0.2, 0) is 45.1 Å². The third kappa shape index (κ3) is 12.0. The molecule has 4 aliphatic rings. The lowest BCUT2D eigenvalue weighted by Crippen LogP contribution is -2.38. The van der Waals surface area contributed by atoms with Gasteiger partial charge in [-0.3, -0.25) is 24.3 Å². The van der Waals surface area contributed by atoms with Crippen LogP contribution in [0.2, 0.25) is 0 Å². The molecular formula is C58H64N4O9S2. The summed E-state index contributed by atoms with van der Waals surface area (Å²) in [5.41, 5.74) is 10.2. The minimum Gasteiger partial charge on any atom is -0.493 e. The number of methoxy groups -OCH3 is 2. The monoisotopic (exact) mass is 1020 g/mol. The highest BCUT2D eigenvalue weighted by atomic mass is 33.1. The van der Waals surface area contributed by atoms with Gasteiger partial charge in [0.2, 0.25) is 0 Å². The molecule has 382 valence electrons. The van der Waals surface area contributed by atoms with Gasteiger partial charge in [0.1, 0.15) is 24.7 Å². The number of anilines is 3. The van der Waals surface area contributed by atoms with Gasteiger partial charge in [0.25, 0.3) is 11.8 Å². The summed E-state index contributed by atoms with van der Waals surface area (Å²) in [6.07, 6.45) is 8.00. The first-order valence-electron chi connectivity index (χ1n) is 25.0. The highest BCUT2D eigenvalue weighted by Crippen LogP contribution is 2.43. The minimum absolute atomic E-state index is 0.0169. The van der Waals surface area contributed by atoms with Gasteiger partial charge < -0.3 is 38.2 Å². The van der Waals surface area contributed by atoms with Crippen LogP contribution in [0.5, 0.6) is 17.2 Å². The lowest BCUT2D eigenvalue weighted by Gasteiger charge is -2.34. The average Bonchev–Trinajstić information content (AvgIpc) is 3.89. The molecule has 0 N–H and O–H groups in total. The Morgan fingerprint density at radius 2 is 1.40 bits per heavy atom. The molecule has 9 rings (SSSR count). The summed E-state index contributed by atoms with van der Waals surface area (Å²) in [5, 5.41) is 0. The Labute approximate surface area is 436 Å². The van der Waals surface area contributed by atoms with Crippen molar-refractivity contribution in [3.63, 3.8) is 0 Å². The van der Waals surface area contributed by atoms with E-state index in [1.807, 2.05) is 84.5 Å². The number of nitrogens with zero attached hydrogens (tertiary/aromatic N) is 4. The van der Waals surface area contributed by atoms with E-state index in [9.17, 15) is 14.4 Å². The Morgan fingerprint density at radius 3 is 2.10 bits per heavy atom. The number of hydrogen-bond acceptors (Lipinski definition) is 13. The maximum atomic E-state index is 14.2. The number of aryl methyl sites for hydroxylation is 1. The van der Waals surface area contributed by atoms with Crippen LogP contribution in [0.15, 0.2) is 102 Å². The number of hydrogen-bond donors (Lipinski definition) is 0. The molecule has 0 bridgehead atoms. The first-order valence-corrected chi connectivity index (χ1v) is 27.3. The van der Waals surface area contributed by atoms with Crippen LogP contribution >= 0.6 is 21.6 Å². The number of aliphatic imine (C=N–C) groups is 1. The van der Waals surface area contributed by atoms with Gasteiger partial charge in [0.05, 0.1) is 69.2 Å². The first-order chi connectivity index (χ1) is 35.4. The second-order valence-electron chi connectivity index (χ2n) is 19.2. The van der Waals surface area contributed by atoms with Crippen LogP contribution in [0.4, 0.5) is 22.7 Å². The standard InChI is InChI=1S/C58H64N4O9S2/c1-7-47(63)36-72-73-58(3,4)37-60(18-19-68-22-23-69-21-20-66-5)45-26-39(34-70-53-30-41-16-17-44-28-42-12-8-10-14-51(42)61(44)56(64)48(41)24-38(53)2)25-40(27-45)35-71-55-32-50-49(31-54(55)67-6)57(65)62-46(33-59-50)29-43-13-9-11-15-52(43)62/h8-17,24-27,30-33,44,46H,7,18-23,28-29,34-37H2,1-6H3/t44-,46+/m1/s1. The van der Waals surface area contributed by atoms with Crippen LogP contribution in [-0.4, -0.2) is 107 Å². The molecule has 0 aromatic heterocycles. The summed E-state index contributed by atoms with van der Waals surface area (Å²) in [5.74, 6) is 2.08. The van der Waals surface area contributed by atoms with E-state index in [0.717, 1.165) is 51.3 Å². The second kappa shape index (κ2) is 23.4. The molecule has 0 aliphatic carbocycles. The van der Waals surface area contributed by atoms with Crippen LogP contribution in [0, 0.1) is 6.92 Å². The number of ketones is 1. The van der Waals surface area contributed by atoms with Crippen molar-refractivity contribution >= 4 is 74.2 Å². The summed E-state index contributed by atoms with van der Waals surface area (Å²) in [6, 6.07) is 29.7. The summed E-state index contributed by atoms with van der Waals surface area (Å²) >= 11 is 0. The van der Waals surface area contributed by atoms with E-state index in [2.05, 4.69) is 55.2 Å². The van der Waals surface area contributed by atoms with Crippen molar-refractivity contribution < 1.29 is 42.8 Å². The largest absolute Gasteiger partial charge is 0.493 e. The molecule has 0 unspecified atom stereocenters. The normalized spacial score (nSPS) is 16.2. The van der Waals surface area contributed by atoms with Gasteiger partial charge in [-0.05, 0) is 109 Å². The molecule has 13 nitrogen and oxygen atoms in total. The Hall–Kier alpha value is -6.10. The maximum absolute atomic E-state index is 14.2. The van der Waals surface area contributed by atoms with E-state index in [4.69, 9.17) is 33.4 Å². The SMILES string of the molecule is CCC(=O)CSSC(C)(C)CN(CCOCCOCCOC)c1cc(COc2cc3c(cc2C)C(=O)N2c4ccccc4C[C@H]2C=C3)cc(COc2cc3c(cc2OC)C(=O)N2c4ccccc4C[C@H]2C=N3)c1. The Morgan fingerprint density at radius 1 is 0.753 bits per heavy atom. The Kier molecular flexibility index (Phi) is 16.6. The predicted molar refractivity (Wildman–Crippen MR) is 293 cm³/mol. The summed E-state index contributed by atoms with van der Waals surface area (Å²) in [7, 11) is 6.52. The van der Waals surface area contributed by atoms with E-state index in [1.54, 1.807) is 47.9 Å². The number of fused-ring (bicyclic) bond motifs is 8. The van der Waals surface area contributed by atoms with Crippen molar-refractivity contribution in [2.24, 2.45) is 4.99 Å². The highest BCUT2D eigenvalue weighted by Gasteiger charge is 2.38. The number of Topliss-reactive ketones (excluding diaryl/α,β-unsaturated/α-hetero) is 1. The van der Waals surface area contributed by atoms with Gasteiger partial charge in [0.15, 0.2) is 11.5 Å². The van der Waals surface area contributed by atoms with Gasteiger partial charge in [0, 0.05) is 72.7 Å². The summed E-state index contributed by atoms with van der Waals surface area (Å²) in [4.78, 5) is 51.6. The van der Waals surface area contributed by atoms with Gasteiger partial charge >= 0.3 is 0 Å². The van der Waals surface area contributed by atoms with Crippen molar-refractivity contribution in [3.8, 4) is 17.2 Å². The van der Waals surface area contributed by atoms with Gasteiger partial charge in [-0.15, -0.1) is 0 Å². The molecule has 4 aliphatic heterocycles. The number of rotatable bonds is 24. The lowest BCUT2D eigenvalue weighted by molar-refractivity contribution is -0.116. The average molecular weight is 1030 g/mol. The number of benzene rings is 5. The zero-order valence-corrected chi connectivity index (χ0v) is 44.2. The fourth-order valence-electron chi connectivity index (χ4n) is 9.74. The molecule has 0 saturated carbocycles. The quantitative estimate of drug-likeness (QED) is 0.0431. The van der Waals surface area contributed by atoms with Crippen LogP contribution in [0.25, 0.3) is 6.08 Å². The van der Waals surface area contributed by atoms with Crippen molar-refractivity contribution in [2.75, 3.05) is 80.8 Å². The zero-order valence-electron chi connectivity index (χ0n) is 42.5. The molecular weight excluding hydrogens is 961 g/mol. The maximum Gasteiger partial charge on any atom is 0.261 e. The molecule has 73 heavy (non-hydrogen) atoms. The number of para-hydroxylation sites is 2. The van der Waals surface area contributed by atoms with Crippen LogP contribution in [0.1, 0.15) is 81.3 Å². The second-order valence-corrected chi connectivity index (χ2v) is 22.2. The molecule has 15 heteroatoms. The predicted octanol–water partition coefficient (Wildman–Crippen LogP) is 10.7. The summed E-state index contributed by atoms with van der Waals surface area (Å²) in [6.45, 7) is 12.2. The topological polar surface area (TPSA) is 129 Å². The summed E-state index contributed by atoms with van der Waals surface area (Å²) < 4.78 is 35.9. The van der Waals surface area contributed by atoms with Crippen molar-refractivity contribution in [1.82, 2.24) is 0 Å². The van der Waals surface area contributed by atoms with Crippen LogP contribution < -0.4 is 28.9 Å². The van der Waals surface area contributed by atoms with Gasteiger partial charge in [-0.1, -0.05) is 77.1 Å². The van der Waals surface area contributed by atoms with Crippen molar-refractivity contribution in [3.05, 3.63) is 142 Å². The van der Waals surface area contributed by atoms with Crippen molar-refractivity contribution in [2.45, 2.75) is 77.0 Å². The third-order valence-electron chi connectivity index (χ3n) is 13.4. The number of carbonyl (C=O) groups is 3. The number of carbonyl (C=O) groups excluding carboxylic acids is 3. The Balaban J connectivity index is 1.00. The zero-order chi connectivity index (χ0) is 51.1. The molecule has 4 heterocycles. The fraction of sp³-hybridized carbons (Fsp3) is 0.379. The smallest absolute Gasteiger partial charge is 0.261 e. The molecule has 2 atom stereocenters. The minimum atomic E-state index is -0.267. The number of ether oxygens (including phenoxy) is 6. The molecule has 5 aromatic carbocycles. The molecule has 0 fully saturated rings. The van der Waals surface area contributed by atoms with Crippen LogP contribution in [0.3, 0.4) is 0 Å². The van der Waals surface area contributed by atoms with E-state index in [1.165, 1.54) is 5.56 Å². The molecule has 2 amide bonds. The molecule has 0 spiro atoms. The van der Waals surface area contributed by atoms with E-state index in [0.29, 0.717) is 98.8 Å². The first kappa shape index (κ1) is 51.8. The van der Waals surface area contributed by atoms with E-state index < -0.39 is 0 Å². The van der Waals surface area contributed by atoms with E-state index >= 15 is 0 Å². The Bertz CT molecular complexity index is 2900. The number of amides is 2. The van der Waals surface area contributed by atoms with E-state index in [-0.39, 0.29) is 47.6 Å². The van der Waals surface area contributed by atoms with Gasteiger partial charge in [-0.2, -0.15) is 0 Å². The lowest BCUT2D eigenvalue weighted by atomic mass is 10.0. The molecule has 0 saturated heterocycles. The van der Waals surface area contributed by atoms with Gasteiger partial charge in [-0.25, -0.2) is 0 Å². The molecule has 0 radical (unpaired) electrons. The highest BCUT2D eigenvalue weighted by molar-refractivity contribution is 8.77. The van der Waals surface area contributed by atoms with Crippen molar-refractivity contribution in [1.29, 1.82) is 0 Å². The molecule has 5 aromatic rings. The third-order valence-corrected chi connectivity index (χ3v) is 16.6. The fourth-order valence-corrected chi connectivity index (χ4v) is 12.3.